The first kappa shape index (κ1) is 8.29. The van der Waals surface area contributed by atoms with Gasteiger partial charge in [-0.05, 0) is 6.92 Å². The minimum atomic E-state index is -3.02. The Hall–Kier alpha value is -0.710. The number of halogens is 2. The molecule has 0 aromatic heterocycles. The predicted molar refractivity (Wildman–Crippen MR) is 24.2 cm³/mol. The standard InChI is InChI=1S/C4H6F2O3/c1-2(3(7)8)9-4(5)6/h2,4H,1H3,(H,7,8)/t2-/m1/s1. The van der Waals surface area contributed by atoms with Crippen LogP contribution >= 0.6 is 0 Å². The van der Waals surface area contributed by atoms with Crippen molar-refractivity contribution in [3.63, 3.8) is 0 Å². The largest absolute Gasteiger partial charge is 0.479 e. The average Bonchev–Trinajstić information content (AvgIpc) is 1.63. The summed E-state index contributed by atoms with van der Waals surface area (Å²) in [5.74, 6) is -1.39. The fourth-order valence-corrected chi connectivity index (χ4v) is 0.213. The van der Waals surface area contributed by atoms with Crippen molar-refractivity contribution in [1.82, 2.24) is 0 Å². The maximum Gasteiger partial charge on any atom is 0.346 e. The molecule has 0 unspecified atom stereocenters. The van der Waals surface area contributed by atoms with E-state index in [0.717, 1.165) is 6.92 Å². The molecule has 0 fully saturated rings. The van der Waals surface area contributed by atoms with Crippen molar-refractivity contribution < 1.29 is 23.4 Å². The molecule has 0 rings (SSSR count). The fourth-order valence-electron chi connectivity index (χ4n) is 0.213. The molecule has 1 atom stereocenters. The molecule has 3 nitrogen and oxygen atoms in total. The van der Waals surface area contributed by atoms with Crippen LogP contribution in [0.4, 0.5) is 8.78 Å². The Morgan fingerprint density at radius 1 is 1.67 bits per heavy atom. The molecule has 0 saturated carbocycles. The number of rotatable bonds is 3. The molecule has 0 amide bonds. The van der Waals surface area contributed by atoms with Gasteiger partial charge in [0, 0.05) is 0 Å². The van der Waals surface area contributed by atoms with Crippen LogP contribution in [0.1, 0.15) is 6.92 Å². The lowest BCUT2D eigenvalue weighted by atomic mass is 10.4. The number of hydrogen-bond donors (Lipinski definition) is 1. The zero-order valence-corrected chi connectivity index (χ0v) is 4.67. The Kier molecular flexibility index (Phi) is 3.08. The predicted octanol–water partition coefficient (Wildman–Crippen LogP) is 0.699. The smallest absolute Gasteiger partial charge is 0.346 e. The van der Waals surface area contributed by atoms with Gasteiger partial charge in [0.05, 0.1) is 0 Å². The van der Waals surface area contributed by atoms with Gasteiger partial charge in [-0.1, -0.05) is 0 Å². The van der Waals surface area contributed by atoms with Crippen molar-refractivity contribution in [1.29, 1.82) is 0 Å². The van der Waals surface area contributed by atoms with Crippen LogP contribution in [0, 0.1) is 0 Å². The van der Waals surface area contributed by atoms with Gasteiger partial charge >= 0.3 is 12.6 Å². The lowest BCUT2D eigenvalue weighted by Gasteiger charge is -2.04. The number of ether oxygens (including phenoxy) is 1. The van der Waals surface area contributed by atoms with Gasteiger partial charge in [-0.2, -0.15) is 8.78 Å². The second-order valence-electron chi connectivity index (χ2n) is 1.38. The van der Waals surface area contributed by atoms with E-state index in [1.54, 1.807) is 0 Å². The van der Waals surface area contributed by atoms with Gasteiger partial charge in [0.25, 0.3) is 0 Å². The van der Waals surface area contributed by atoms with Crippen LogP contribution in [0.15, 0.2) is 0 Å². The van der Waals surface area contributed by atoms with Gasteiger partial charge in [0.15, 0.2) is 6.10 Å². The van der Waals surface area contributed by atoms with Gasteiger partial charge in [-0.25, -0.2) is 4.79 Å². The minimum Gasteiger partial charge on any atom is -0.479 e. The van der Waals surface area contributed by atoms with Crippen LogP contribution in [-0.2, 0) is 9.53 Å². The van der Waals surface area contributed by atoms with Gasteiger partial charge < -0.3 is 9.84 Å². The minimum absolute atomic E-state index is 1.04. The summed E-state index contributed by atoms with van der Waals surface area (Å²) in [7, 11) is 0. The summed E-state index contributed by atoms with van der Waals surface area (Å²) in [6.07, 6.45) is -1.44. The molecule has 0 aliphatic rings. The molecule has 0 aromatic carbocycles. The zero-order chi connectivity index (χ0) is 7.44. The van der Waals surface area contributed by atoms with Gasteiger partial charge in [0.1, 0.15) is 0 Å². The highest BCUT2D eigenvalue weighted by Gasteiger charge is 2.15. The SMILES string of the molecule is C[C@@H](OC(F)F)C(=O)O. The number of carboxylic acid groups (broad SMARTS) is 1. The summed E-state index contributed by atoms with van der Waals surface area (Å²) < 4.78 is 25.9. The summed E-state index contributed by atoms with van der Waals surface area (Å²) in [6.45, 7) is -1.98. The second kappa shape index (κ2) is 3.34. The van der Waals surface area contributed by atoms with E-state index in [-0.39, 0.29) is 0 Å². The Labute approximate surface area is 50.2 Å². The molecule has 0 spiro atoms. The summed E-state index contributed by atoms with van der Waals surface area (Å²) in [4.78, 5) is 9.78. The molecule has 0 aliphatic carbocycles. The first-order valence-electron chi connectivity index (χ1n) is 2.20. The topological polar surface area (TPSA) is 46.5 Å². The van der Waals surface area contributed by atoms with E-state index >= 15 is 0 Å². The van der Waals surface area contributed by atoms with Crippen LogP contribution in [0.5, 0.6) is 0 Å². The zero-order valence-electron chi connectivity index (χ0n) is 4.67. The molecule has 0 radical (unpaired) electrons. The molecule has 0 aromatic rings. The Morgan fingerprint density at radius 2 is 2.11 bits per heavy atom. The summed E-state index contributed by atoms with van der Waals surface area (Å²) in [5, 5.41) is 7.97. The third-order valence-electron chi connectivity index (χ3n) is 0.655. The Balaban J connectivity index is 3.50. The van der Waals surface area contributed by atoms with E-state index in [0.29, 0.717) is 0 Å². The molecule has 54 valence electrons. The first-order valence-corrected chi connectivity index (χ1v) is 2.20. The van der Waals surface area contributed by atoms with Crippen molar-refractivity contribution in [2.24, 2.45) is 0 Å². The molecule has 0 saturated heterocycles. The van der Waals surface area contributed by atoms with Crippen LogP contribution in [0.25, 0.3) is 0 Å². The molecule has 0 bridgehead atoms. The van der Waals surface area contributed by atoms with Crippen LogP contribution in [0.3, 0.4) is 0 Å². The molecule has 1 N–H and O–H groups in total. The van der Waals surface area contributed by atoms with Crippen molar-refractivity contribution in [2.75, 3.05) is 0 Å². The quantitative estimate of drug-likeness (QED) is 0.627. The monoisotopic (exact) mass is 140 g/mol. The van der Waals surface area contributed by atoms with Crippen molar-refractivity contribution in [2.45, 2.75) is 19.6 Å². The van der Waals surface area contributed by atoms with Gasteiger partial charge in [-0.15, -0.1) is 0 Å². The van der Waals surface area contributed by atoms with E-state index in [4.69, 9.17) is 5.11 Å². The Morgan fingerprint density at radius 3 is 2.22 bits per heavy atom. The fraction of sp³-hybridized carbons (Fsp3) is 0.750. The van der Waals surface area contributed by atoms with E-state index in [9.17, 15) is 13.6 Å². The first-order chi connectivity index (χ1) is 4.04. The van der Waals surface area contributed by atoms with Crippen molar-refractivity contribution in [3.05, 3.63) is 0 Å². The van der Waals surface area contributed by atoms with Crippen molar-refractivity contribution in [3.8, 4) is 0 Å². The lowest BCUT2D eigenvalue weighted by molar-refractivity contribution is -0.183. The normalized spacial score (nSPS) is 13.8. The Bertz CT molecular complexity index is 104. The molecular formula is C4H6F2O3. The number of aliphatic carboxylic acids is 1. The number of hydrogen-bond acceptors (Lipinski definition) is 2. The van der Waals surface area contributed by atoms with Crippen LogP contribution in [-0.4, -0.2) is 23.8 Å². The lowest BCUT2D eigenvalue weighted by Crippen LogP contribution is -2.22. The van der Waals surface area contributed by atoms with Crippen molar-refractivity contribution >= 4 is 5.97 Å². The van der Waals surface area contributed by atoms with E-state index in [1.165, 1.54) is 0 Å². The highest BCUT2D eigenvalue weighted by molar-refractivity contribution is 5.71. The number of carbonyl (C=O) groups is 1. The summed E-state index contributed by atoms with van der Waals surface area (Å²) in [6, 6.07) is 0. The molecule has 0 heterocycles. The highest BCUT2D eigenvalue weighted by Crippen LogP contribution is 1.99. The summed E-state index contributed by atoms with van der Waals surface area (Å²) >= 11 is 0. The second-order valence-corrected chi connectivity index (χ2v) is 1.38. The van der Waals surface area contributed by atoms with E-state index in [2.05, 4.69) is 4.74 Å². The summed E-state index contributed by atoms with van der Waals surface area (Å²) in [5.41, 5.74) is 0. The number of carboxylic acids is 1. The average molecular weight is 140 g/mol. The van der Waals surface area contributed by atoms with Crippen LogP contribution < -0.4 is 0 Å². The van der Waals surface area contributed by atoms with E-state index < -0.39 is 18.7 Å². The number of alkyl halides is 2. The maximum absolute atomic E-state index is 11.2. The third-order valence-corrected chi connectivity index (χ3v) is 0.655. The molecular weight excluding hydrogens is 134 g/mol. The molecule has 0 aliphatic heterocycles. The van der Waals surface area contributed by atoms with Crippen LogP contribution in [0.2, 0.25) is 0 Å². The maximum atomic E-state index is 11.2. The third kappa shape index (κ3) is 3.84. The van der Waals surface area contributed by atoms with Gasteiger partial charge in [-0.3, -0.25) is 0 Å². The van der Waals surface area contributed by atoms with E-state index in [1.807, 2.05) is 0 Å². The highest BCUT2D eigenvalue weighted by atomic mass is 19.3. The van der Waals surface area contributed by atoms with Gasteiger partial charge in [0.2, 0.25) is 0 Å². The molecule has 9 heavy (non-hydrogen) atoms. The molecule has 5 heteroatoms.